The number of carbonyl (C=O) groups is 1. The van der Waals surface area contributed by atoms with Crippen molar-refractivity contribution in [2.45, 2.75) is 13.5 Å². The van der Waals surface area contributed by atoms with Crippen LogP contribution in [-0.4, -0.2) is 54.4 Å². The largest absolute Gasteiger partial charge is 0.467 e. The van der Waals surface area contributed by atoms with Gasteiger partial charge >= 0.3 is 0 Å². The molecule has 1 aliphatic rings. The summed E-state index contributed by atoms with van der Waals surface area (Å²) in [4.78, 5) is 20.9. The second-order valence-corrected chi connectivity index (χ2v) is 5.51. The molecule has 1 N–H and O–H groups in total. The summed E-state index contributed by atoms with van der Waals surface area (Å²) in [5.74, 6) is 2.01. The molecule has 3 rings (SSSR count). The predicted molar refractivity (Wildman–Crippen MR) is 89.7 cm³/mol. The van der Waals surface area contributed by atoms with E-state index in [4.69, 9.17) is 8.83 Å². The van der Waals surface area contributed by atoms with Gasteiger partial charge in [-0.15, -0.1) is 0 Å². The van der Waals surface area contributed by atoms with Crippen LogP contribution in [0, 0.1) is 0 Å². The van der Waals surface area contributed by atoms with E-state index in [1.165, 1.54) is 6.26 Å². The fourth-order valence-corrected chi connectivity index (χ4v) is 2.66. The Morgan fingerprint density at radius 3 is 2.46 bits per heavy atom. The predicted octanol–water partition coefficient (Wildman–Crippen LogP) is 1.80. The molecule has 1 aliphatic heterocycles. The Kier molecular flexibility index (Phi) is 5.20. The van der Waals surface area contributed by atoms with Gasteiger partial charge in [0, 0.05) is 32.7 Å². The highest BCUT2D eigenvalue weighted by molar-refractivity contribution is 5.91. The lowest BCUT2D eigenvalue weighted by Gasteiger charge is -2.36. The van der Waals surface area contributed by atoms with Crippen molar-refractivity contribution in [1.82, 2.24) is 15.1 Å². The summed E-state index contributed by atoms with van der Waals surface area (Å²) in [5, 5.41) is 3.30. The molecule has 0 radical (unpaired) electrons. The average Bonchev–Trinajstić information content (AvgIpc) is 3.31. The zero-order chi connectivity index (χ0) is 16.8. The molecule has 0 bridgehead atoms. The molecule has 0 spiro atoms. The van der Waals surface area contributed by atoms with Gasteiger partial charge in [0.2, 0.25) is 0 Å². The maximum absolute atomic E-state index is 12.3. The zero-order valence-corrected chi connectivity index (χ0v) is 13.8. The monoisotopic (exact) mass is 330 g/mol. The molecule has 2 aromatic heterocycles. The Balaban J connectivity index is 1.58. The minimum absolute atomic E-state index is 0.0582. The van der Waals surface area contributed by atoms with Crippen LogP contribution in [0.2, 0.25) is 0 Å². The minimum atomic E-state index is -0.0582. The number of rotatable bonds is 4. The van der Waals surface area contributed by atoms with Crippen LogP contribution in [0.15, 0.2) is 50.6 Å². The molecule has 7 nitrogen and oxygen atoms in total. The lowest BCUT2D eigenvalue weighted by Crippen LogP contribution is -2.53. The highest BCUT2D eigenvalue weighted by atomic mass is 16.3. The number of carbonyl (C=O) groups excluding carboxylic acids is 1. The van der Waals surface area contributed by atoms with Crippen LogP contribution < -0.4 is 5.32 Å². The second-order valence-electron chi connectivity index (χ2n) is 5.51. The van der Waals surface area contributed by atoms with Gasteiger partial charge in [-0.1, -0.05) is 0 Å². The van der Waals surface area contributed by atoms with Crippen LogP contribution >= 0.6 is 0 Å². The number of amides is 1. The second kappa shape index (κ2) is 7.72. The maximum Gasteiger partial charge on any atom is 0.289 e. The summed E-state index contributed by atoms with van der Waals surface area (Å²) in [7, 11) is 0. The lowest BCUT2D eigenvalue weighted by molar-refractivity contribution is 0.0657. The van der Waals surface area contributed by atoms with E-state index in [9.17, 15) is 4.79 Å². The van der Waals surface area contributed by atoms with E-state index < -0.39 is 0 Å². The molecule has 1 fully saturated rings. The number of furan rings is 2. The van der Waals surface area contributed by atoms with Crippen molar-refractivity contribution in [2.24, 2.45) is 4.99 Å². The molecule has 0 saturated carbocycles. The molecule has 0 aromatic carbocycles. The van der Waals surface area contributed by atoms with Crippen molar-refractivity contribution in [3.05, 3.63) is 48.3 Å². The van der Waals surface area contributed by atoms with Crippen molar-refractivity contribution in [2.75, 3.05) is 32.7 Å². The molecule has 0 atom stereocenters. The Labute approximate surface area is 140 Å². The number of aliphatic imine (C=N–C) groups is 1. The molecular weight excluding hydrogens is 308 g/mol. The molecule has 1 saturated heterocycles. The molecule has 24 heavy (non-hydrogen) atoms. The fourth-order valence-electron chi connectivity index (χ4n) is 2.66. The van der Waals surface area contributed by atoms with Gasteiger partial charge in [0.05, 0.1) is 12.5 Å². The highest BCUT2D eigenvalue weighted by Crippen LogP contribution is 2.10. The first-order valence-electron chi connectivity index (χ1n) is 8.16. The third-order valence-electron chi connectivity index (χ3n) is 3.90. The Hall–Kier alpha value is -2.70. The van der Waals surface area contributed by atoms with E-state index >= 15 is 0 Å². The van der Waals surface area contributed by atoms with Gasteiger partial charge in [0.15, 0.2) is 11.7 Å². The van der Waals surface area contributed by atoms with Crippen molar-refractivity contribution >= 4 is 11.9 Å². The van der Waals surface area contributed by atoms with Crippen molar-refractivity contribution < 1.29 is 13.6 Å². The number of hydrogen-bond acceptors (Lipinski definition) is 4. The van der Waals surface area contributed by atoms with Gasteiger partial charge in [-0.2, -0.15) is 0 Å². The molecule has 0 unspecified atom stereocenters. The highest BCUT2D eigenvalue weighted by Gasteiger charge is 2.25. The van der Waals surface area contributed by atoms with Gasteiger partial charge < -0.3 is 24.0 Å². The molecule has 0 aliphatic carbocycles. The third kappa shape index (κ3) is 3.79. The smallest absolute Gasteiger partial charge is 0.289 e. The van der Waals surface area contributed by atoms with Crippen molar-refractivity contribution in [1.29, 1.82) is 0 Å². The Morgan fingerprint density at radius 2 is 1.83 bits per heavy atom. The molecule has 128 valence electrons. The fraction of sp³-hybridized carbons (Fsp3) is 0.412. The molecule has 1 amide bonds. The van der Waals surface area contributed by atoms with Gasteiger partial charge in [0.1, 0.15) is 12.3 Å². The summed E-state index contributed by atoms with van der Waals surface area (Å²) in [6.45, 7) is 6.09. The van der Waals surface area contributed by atoms with E-state index in [1.807, 2.05) is 24.0 Å². The first kappa shape index (κ1) is 16.2. The van der Waals surface area contributed by atoms with Crippen molar-refractivity contribution in [3.63, 3.8) is 0 Å². The summed E-state index contributed by atoms with van der Waals surface area (Å²) in [5.41, 5.74) is 0. The Bertz CT molecular complexity index is 656. The van der Waals surface area contributed by atoms with Gasteiger partial charge in [-0.05, 0) is 31.2 Å². The van der Waals surface area contributed by atoms with E-state index in [1.54, 1.807) is 18.4 Å². The molecule has 7 heteroatoms. The summed E-state index contributed by atoms with van der Waals surface area (Å²) in [6, 6.07) is 7.20. The average molecular weight is 330 g/mol. The lowest BCUT2D eigenvalue weighted by atomic mass is 10.3. The number of nitrogens with one attached hydrogen (secondary N) is 1. The van der Waals surface area contributed by atoms with Crippen LogP contribution in [0.3, 0.4) is 0 Å². The van der Waals surface area contributed by atoms with Crippen LogP contribution in [0.5, 0.6) is 0 Å². The molecule has 3 heterocycles. The third-order valence-corrected chi connectivity index (χ3v) is 3.90. The van der Waals surface area contributed by atoms with Crippen molar-refractivity contribution in [3.8, 4) is 0 Å². The number of piperazine rings is 1. The standard InChI is InChI=1S/C17H22N4O3/c1-2-18-17(19-13-14-5-3-11-23-14)21-9-7-20(8-10-21)16(22)15-6-4-12-24-15/h3-6,11-12H,2,7-10,13H2,1H3,(H,18,19). The topological polar surface area (TPSA) is 74.2 Å². The Morgan fingerprint density at radius 1 is 1.12 bits per heavy atom. The van der Waals surface area contributed by atoms with Crippen LogP contribution in [0.1, 0.15) is 23.2 Å². The number of nitrogens with zero attached hydrogens (tertiary/aromatic N) is 3. The van der Waals surface area contributed by atoms with E-state index in [0.717, 1.165) is 31.4 Å². The first-order chi connectivity index (χ1) is 11.8. The molecule has 2 aromatic rings. The van der Waals surface area contributed by atoms with E-state index in [-0.39, 0.29) is 5.91 Å². The van der Waals surface area contributed by atoms with Gasteiger partial charge in [-0.25, -0.2) is 4.99 Å². The minimum Gasteiger partial charge on any atom is -0.467 e. The van der Waals surface area contributed by atoms with E-state index in [2.05, 4.69) is 15.2 Å². The van der Waals surface area contributed by atoms with Crippen LogP contribution in [0.4, 0.5) is 0 Å². The van der Waals surface area contributed by atoms with Gasteiger partial charge in [-0.3, -0.25) is 4.79 Å². The quantitative estimate of drug-likeness (QED) is 0.683. The SMILES string of the molecule is CCNC(=NCc1ccco1)N1CCN(C(=O)c2ccco2)CC1. The number of guanidine groups is 1. The summed E-state index contributed by atoms with van der Waals surface area (Å²) in [6.07, 6.45) is 3.17. The number of hydrogen-bond donors (Lipinski definition) is 1. The zero-order valence-electron chi connectivity index (χ0n) is 13.8. The van der Waals surface area contributed by atoms with Gasteiger partial charge in [0.25, 0.3) is 5.91 Å². The van der Waals surface area contributed by atoms with E-state index in [0.29, 0.717) is 25.4 Å². The normalized spacial score (nSPS) is 15.6. The van der Waals surface area contributed by atoms with Crippen LogP contribution in [-0.2, 0) is 6.54 Å². The van der Waals surface area contributed by atoms with Crippen LogP contribution in [0.25, 0.3) is 0 Å². The first-order valence-corrected chi connectivity index (χ1v) is 8.16. The maximum atomic E-state index is 12.3. The molecular formula is C17H22N4O3. The summed E-state index contributed by atoms with van der Waals surface area (Å²) < 4.78 is 10.5. The summed E-state index contributed by atoms with van der Waals surface area (Å²) >= 11 is 0.